The number of nitrogens with one attached hydrogen (secondary N) is 1. The van der Waals surface area contributed by atoms with Crippen LogP contribution < -0.4 is 14.8 Å². The minimum Gasteiger partial charge on any atom is -0.488 e. The lowest BCUT2D eigenvalue weighted by Gasteiger charge is -2.20. The predicted molar refractivity (Wildman–Crippen MR) is 159 cm³/mol. The summed E-state index contributed by atoms with van der Waals surface area (Å²) in [4.78, 5) is 15.5. The van der Waals surface area contributed by atoms with Gasteiger partial charge >= 0.3 is 5.97 Å². The van der Waals surface area contributed by atoms with Crippen LogP contribution in [-0.4, -0.2) is 33.8 Å². The monoisotopic (exact) mass is 603 g/mol. The first-order valence-electron chi connectivity index (χ1n) is 13.3. The van der Waals surface area contributed by atoms with Crippen molar-refractivity contribution in [3.8, 4) is 28.7 Å². The second-order valence-corrected chi connectivity index (χ2v) is 10.7. The average Bonchev–Trinajstić information content (AvgIpc) is 3.40. The molecule has 3 N–H and O–H groups in total. The van der Waals surface area contributed by atoms with Crippen LogP contribution in [0.1, 0.15) is 40.3 Å². The predicted octanol–water partition coefficient (Wildman–Crippen LogP) is 6.11. The van der Waals surface area contributed by atoms with Crippen molar-refractivity contribution in [1.29, 1.82) is 5.26 Å². The number of hydrogen-bond donors (Lipinski definition) is 3. The number of carboxylic acid groups (broad SMARTS) is 1. The van der Waals surface area contributed by atoms with Gasteiger partial charge in [0.2, 0.25) is 0 Å². The zero-order valence-electron chi connectivity index (χ0n) is 22.4. The van der Waals surface area contributed by atoms with Crippen molar-refractivity contribution in [2.45, 2.75) is 38.1 Å². The fourth-order valence-corrected chi connectivity index (χ4v) is 5.43. The summed E-state index contributed by atoms with van der Waals surface area (Å²) < 4.78 is 12.6. The Bertz CT molecular complexity index is 1660. The van der Waals surface area contributed by atoms with Crippen molar-refractivity contribution < 1.29 is 24.5 Å². The van der Waals surface area contributed by atoms with E-state index in [1.807, 2.05) is 30.3 Å². The summed E-state index contributed by atoms with van der Waals surface area (Å²) >= 11 is 12.9. The van der Waals surface area contributed by atoms with E-state index in [-0.39, 0.29) is 19.3 Å². The van der Waals surface area contributed by atoms with E-state index >= 15 is 0 Å². The molecule has 0 amide bonds. The number of ether oxygens (including phenoxy) is 2. The molecule has 1 aliphatic rings. The third-order valence-corrected chi connectivity index (χ3v) is 7.60. The zero-order valence-corrected chi connectivity index (χ0v) is 23.9. The number of pyridine rings is 1. The Morgan fingerprint density at radius 3 is 2.71 bits per heavy atom. The van der Waals surface area contributed by atoms with Gasteiger partial charge in [0.15, 0.2) is 0 Å². The summed E-state index contributed by atoms with van der Waals surface area (Å²) in [6.45, 7) is -0.405. The maximum atomic E-state index is 11.4. The van der Waals surface area contributed by atoms with Crippen LogP contribution in [0.4, 0.5) is 0 Å². The summed E-state index contributed by atoms with van der Waals surface area (Å²) in [5.74, 6) is -0.345. The highest BCUT2D eigenvalue weighted by atomic mass is 35.5. The number of aromatic nitrogens is 1. The maximum Gasteiger partial charge on any atom is 0.323 e. The number of rotatable bonds is 11. The smallest absolute Gasteiger partial charge is 0.323 e. The van der Waals surface area contributed by atoms with Crippen LogP contribution in [0.15, 0.2) is 73.1 Å². The third kappa shape index (κ3) is 6.67. The molecule has 0 saturated heterocycles. The van der Waals surface area contributed by atoms with Gasteiger partial charge in [-0.15, -0.1) is 0 Å². The van der Waals surface area contributed by atoms with Crippen LogP contribution in [-0.2, 0) is 24.4 Å². The van der Waals surface area contributed by atoms with Crippen molar-refractivity contribution >= 4 is 29.2 Å². The molecule has 1 aromatic heterocycles. The van der Waals surface area contributed by atoms with Crippen LogP contribution in [0.2, 0.25) is 10.0 Å². The Kier molecular flexibility index (Phi) is 9.25. The van der Waals surface area contributed by atoms with E-state index in [2.05, 4.69) is 28.5 Å². The highest BCUT2D eigenvalue weighted by molar-refractivity contribution is 6.32. The van der Waals surface area contributed by atoms with Gasteiger partial charge in [-0.1, -0.05) is 53.5 Å². The second kappa shape index (κ2) is 13.2. The number of aliphatic carboxylic acids is 1. The summed E-state index contributed by atoms with van der Waals surface area (Å²) in [6, 6.07) is 19.8. The first-order chi connectivity index (χ1) is 20.4. The van der Waals surface area contributed by atoms with Crippen LogP contribution >= 0.6 is 23.2 Å². The minimum absolute atomic E-state index is 0.0681. The molecular formula is C32H27Cl2N3O5. The quantitative estimate of drug-likeness (QED) is 0.187. The van der Waals surface area contributed by atoms with E-state index in [9.17, 15) is 20.3 Å². The molecule has 8 nitrogen and oxygen atoms in total. The molecule has 214 valence electrons. The molecule has 0 saturated carbocycles. The normalized spacial score (nSPS) is 14.6. The number of carboxylic acids is 1. The number of benzene rings is 3. The van der Waals surface area contributed by atoms with Crippen LogP contribution in [0.25, 0.3) is 11.1 Å². The molecule has 0 fully saturated rings. The number of carbonyl (C=O) groups is 1. The van der Waals surface area contributed by atoms with Crippen molar-refractivity contribution in [2.75, 3.05) is 6.61 Å². The first kappa shape index (κ1) is 29.4. The highest BCUT2D eigenvalue weighted by Gasteiger charge is 2.28. The lowest BCUT2D eigenvalue weighted by Crippen LogP contribution is -2.39. The van der Waals surface area contributed by atoms with Gasteiger partial charge in [0, 0.05) is 41.2 Å². The molecule has 4 aromatic rings. The van der Waals surface area contributed by atoms with Gasteiger partial charge in [0.05, 0.1) is 17.2 Å². The summed E-state index contributed by atoms with van der Waals surface area (Å²) in [7, 11) is 0. The van der Waals surface area contributed by atoms with Crippen LogP contribution in [0.3, 0.4) is 0 Å². The SMILES string of the molecule is N#Cc1cncc(COc2cc(O[C@H]3CCc4c(-c5cccc(Cl)c5)cccc43)c(Cl)cc2CN[C@@H](CO)C(=O)O)c1. The minimum atomic E-state index is -1.18. The fraction of sp³-hybridized carbons (Fsp3) is 0.219. The fourth-order valence-electron chi connectivity index (χ4n) is 5.01. The van der Waals surface area contributed by atoms with Crippen LogP contribution in [0.5, 0.6) is 11.5 Å². The molecule has 3 aromatic carbocycles. The van der Waals surface area contributed by atoms with E-state index < -0.39 is 18.6 Å². The summed E-state index contributed by atoms with van der Waals surface area (Å²) in [5, 5.41) is 31.8. The first-order valence-corrected chi connectivity index (χ1v) is 14.0. The molecule has 42 heavy (non-hydrogen) atoms. The topological polar surface area (TPSA) is 125 Å². The number of halogens is 2. The Morgan fingerprint density at radius 1 is 1.12 bits per heavy atom. The average molecular weight is 604 g/mol. The van der Waals surface area contributed by atoms with Crippen LogP contribution in [0, 0.1) is 11.3 Å². The molecule has 0 spiro atoms. The molecule has 1 heterocycles. The molecule has 10 heteroatoms. The van der Waals surface area contributed by atoms with E-state index in [1.54, 1.807) is 24.4 Å². The van der Waals surface area contributed by atoms with Crippen molar-refractivity contribution in [1.82, 2.24) is 10.3 Å². The van der Waals surface area contributed by atoms with Gasteiger partial charge in [-0.05, 0) is 59.4 Å². The van der Waals surface area contributed by atoms with E-state index in [0.717, 1.165) is 29.5 Å². The molecule has 1 aliphatic carbocycles. The van der Waals surface area contributed by atoms with Gasteiger partial charge in [-0.25, -0.2) is 0 Å². The highest BCUT2D eigenvalue weighted by Crippen LogP contribution is 2.43. The van der Waals surface area contributed by atoms with Gasteiger partial charge in [-0.2, -0.15) is 5.26 Å². The lowest BCUT2D eigenvalue weighted by molar-refractivity contribution is -0.140. The Balaban J connectivity index is 1.42. The van der Waals surface area contributed by atoms with Crippen molar-refractivity contribution in [3.63, 3.8) is 0 Å². The van der Waals surface area contributed by atoms with E-state index in [0.29, 0.717) is 38.2 Å². The molecule has 0 unspecified atom stereocenters. The standard InChI is InChI=1S/C32H27Cl2N3O5/c33-23-4-1-3-21(10-23)24-5-2-6-26-25(24)7-8-29(26)42-31-12-30(41-18-20-9-19(13-35)14-36-15-20)22(11-27(31)34)16-37-28(17-38)32(39)40/h1-6,9-12,14-15,28-29,37-38H,7-8,16-18H2,(H,39,40)/t28-,29-/m0/s1. The number of fused-ring (bicyclic) bond motifs is 1. The largest absolute Gasteiger partial charge is 0.488 e. The molecule has 0 aliphatic heterocycles. The van der Waals surface area contributed by atoms with Gasteiger partial charge < -0.3 is 19.7 Å². The van der Waals surface area contributed by atoms with Gasteiger partial charge in [-0.3, -0.25) is 15.1 Å². The number of aliphatic hydroxyl groups excluding tert-OH is 1. The zero-order chi connectivity index (χ0) is 29.6. The third-order valence-electron chi connectivity index (χ3n) is 7.07. The maximum absolute atomic E-state index is 11.4. The van der Waals surface area contributed by atoms with E-state index in [4.69, 9.17) is 32.7 Å². The van der Waals surface area contributed by atoms with Crippen molar-refractivity contribution in [2.24, 2.45) is 0 Å². The Labute approximate surface area is 253 Å². The number of hydrogen-bond acceptors (Lipinski definition) is 7. The van der Waals surface area contributed by atoms with Gasteiger partial charge in [0.25, 0.3) is 0 Å². The van der Waals surface area contributed by atoms with E-state index in [1.165, 1.54) is 11.8 Å². The summed E-state index contributed by atoms with van der Waals surface area (Å²) in [6.07, 6.45) is 4.41. The Morgan fingerprint density at radius 2 is 1.95 bits per heavy atom. The number of nitriles is 1. The molecule has 0 bridgehead atoms. The summed E-state index contributed by atoms with van der Waals surface area (Å²) in [5.41, 5.74) is 6.09. The number of nitrogens with zero attached hydrogens (tertiary/aromatic N) is 2. The molecule has 5 rings (SSSR count). The second-order valence-electron chi connectivity index (χ2n) is 9.86. The number of aliphatic hydroxyl groups is 1. The van der Waals surface area contributed by atoms with Crippen molar-refractivity contribution in [3.05, 3.63) is 111 Å². The molecule has 0 radical (unpaired) electrons. The Hall–Kier alpha value is -4.13. The molecule has 2 atom stereocenters. The molecular weight excluding hydrogens is 577 g/mol. The lowest BCUT2D eigenvalue weighted by atomic mass is 9.97. The van der Waals surface area contributed by atoms with Gasteiger partial charge in [0.1, 0.15) is 36.3 Å².